The van der Waals surface area contributed by atoms with Crippen molar-refractivity contribution in [3.63, 3.8) is 0 Å². The maximum Gasteiger partial charge on any atom is 0.257 e. The number of amides is 1. The molecule has 0 saturated heterocycles. The summed E-state index contributed by atoms with van der Waals surface area (Å²) in [5, 5.41) is 2.91. The summed E-state index contributed by atoms with van der Waals surface area (Å²) < 4.78 is 13.8. The molecule has 0 aliphatic rings. The van der Waals surface area contributed by atoms with Crippen LogP contribution < -0.4 is 5.32 Å². The SMILES string of the molecule is Cc1cc(Br)c(F)cc1NC(=O)c1cc(Cl)ncc1Cl. The van der Waals surface area contributed by atoms with E-state index in [2.05, 4.69) is 26.2 Å². The van der Waals surface area contributed by atoms with Gasteiger partial charge in [0, 0.05) is 11.9 Å². The van der Waals surface area contributed by atoms with E-state index in [1.807, 2.05) is 0 Å². The van der Waals surface area contributed by atoms with E-state index >= 15 is 0 Å². The maximum absolute atomic E-state index is 13.5. The van der Waals surface area contributed by atoms with Gasteiger partial charge in [-0.25, -0.2) is 9.37 Å². The second kappa shape index (κ2) is 6.08. The predicted octanol–water partition coefficient (Wildman–Crippen LogP) is 4.85. The minimum Gasteiger partial charge on any atom is -0.322 e. The molecule has 0 bridgehead atoms. The van der Waals surface area contributed by atoms with Gasteiger partial charge in [-0.2, -0.15) is 0 Å². The molecule has 1 amide bonds. The first-order valence-corrected chi connectivity index (χ1v) is 7.01. The van der Waals surface area contributed by atoms with Crippen LogP contribution in [0.3, 0.4) is 0 Å². The molecule has 0 aliphatic carbocycles. The van der Waals surface area contributed by atoms with Gasteiger partial charge in [0.25, 0.3) is 5.91 Å². The smallest absolute Gasteiger partial charge is 0.257 e. The standard InChI is InChI=1S/C13H8BrCl2FN2O/c1-6-2-8(14)10(17)4-11(6)19-13(20)7-3-12(16)18-5-9(7)15/h2-5H,1H3,(H,19,20). The number of halogens is 4. The zero-order valence-corrected chi connectivity index (χ0v) is 13.3. The molecule has 0 saturated carbocycles. The Morgan fingerprint density at radius 2 is 2.05 bits per heavy atom. The van der Waals surface area contributed by atoms with Crippen LogP contribution in [0, 0.1) is 12.7 Å². The number of nitrogens with one attached hydrogen (secondary N) is 1. The summed E-state index contributed by atoms with van der Waals surface area (Å²) in [7, 11) is 0. The van der Waals surface area contributed by atoms with Crippen molar-refractivity contribution < 1.29 is 9.18 Å². The predicted molar refractivity (Wildman–Crippen MR) is 81.0 cm³/mol. The summed E-state index contributed by atoms with van der Waals surface area (Å²) in [4.78, 5) is 15.9. The normalized spacial score (nSPS) is 10.4. The van der Waals surface area contributed by atoms with Crippen LogP contribution >= 0.6 is 39.1 Å². The lowest BCUT2D eigenvalue weighted by molar-refractivity contribution is 0.102. The Hall–Kier alpha value is -1.17. The van der Waals surface area contributed by atoms with E-state index in [9.17, 15) is 9.18 Å². The first kappa shape index (κ1) is 15.2. The third-order valence-corrected chi connectivity index (χ3v) is 3.70. The van der Waals surface area contributed by atoms with Crippen molar-refractivity contribution >= 4 is 50.7 Å². The van der Waals surface area contributed by atoms with E-state index in [0.29, 0.717) is 15.7 Å². The summed E-state index contributed by atoms with van der Waals surface area (Å²) in [5.74, 6) is -0.950. The lowest BCUT2D eigenvalue weighted by Gasteiger charge is -2.10. The van der Waals surface area contributed by atoms with Crippen LogP contribution in [0.4, 0.5) is 10.1 Å². The number of hydrogen-bond acceptors (Lipinski definition) is 2. The van der Waals surface area contributed by atoms with Crippen molar-refractivity contribution in [2.75, 3.05) is 5.32 Å². The number of anilines is 1. The number of aromatic nitrogens is 1. The summed E-state index contributed by atoms with van der Waals surface area (Å²) in [6, 6.07) is 4.16. The van der Waals surface area contributed by atoms with Crippen LogP contribution in [0.25, 0.3) is 0 Å². The number of pyridine rings is 1. The average molecular weight is 378 g/mol. The fourth-order valence-corrected chi connectivity index (χ4v) is 2.36. The number of carbonyl (C=O) groups is 1. The number of nitrogens with zero attached hydrogens (tertiary/aromatic N) is 1. The monoisotopic (exact) mass is 376 g/mol. The highest BCUT2D eigenvalue weighted by Crippen LogP contribution is 2.25. The molecular formula is C13H8BrCl2FN2O. The molecule has 7 heteroatoms. The van der Waals surface area contributed by atoms with Gasteiger partial charge in [-0.3, -0.25) is 4.79 Å². The summed E-state index contributed by atoms with van der Waals surface area (Å²) >= 11 is 14.7. The van der Waals surface area contributed by atoms with Gasteiger partial charge in [0.05, 0.1) is 15.1 Å². The largest absolute Gasteiger partial charge is 0.322 e. The Kier molecular flexibility index (Phi) is 4.62. The zero-order chi connectivity index (χ0) is 14.9. The molecule has 20 heavy (non-hydrogen) atoms. The molecule has 1 aromatic carbocycles. The Morgan fingerprint density at radius 3 is 2.75 bits per heavy atom. The lowest BCUT2D eigenvalue weighted by Crippen LogP contribution is -2.14. The molecule has 2 aromatic rings. The highest BCUT2D eigenvalue weighted by molar-refractivity contribution is 9.10. The fraction of sp³-hybridized carbons (Fsp3) is 0.0769. The third-order valence-electron chi connectivity index (χ3n) is 2.58. The van der Waals surface area contributed by atoms with Crippen molar-refractivity contribution in [3.8, 4) is 0 Å². The van der Waals surface area contributed by atoms with E-state index in [1.54, 1.807) is 13.0 Å². The van der Waals surface area contributed by atoms with Crippen molar-refractivity contribution in [1.29, 1.82) is 0 Å². The van der Waals surface area contributed by atoms with Crippen LogP contribution in [0.2, 0.25) is 10.2 Å². The minimum absolute atomic E-state index is 0.151. The van der Waals surface area contributed by atoms with Gasteiger partial charge >= 0.3 is 0 Å². The van der Waals surface area contributed by atoms with Gasteiger partial charge in [0.15, 0.2) is 0 Å². The molecule has 1 aromatic heterocycles. The Balaban J connectivity index is 2.32. The first-order valence-electron chi connectivity index (χ1n) is 5.46. The van der Waals surface area contributed by atoms with Gasteiger partial charge in [0.2, 0.25) is 0 Å². The van der Waals surface area contributed by atoms with Crippen LogP contribution in [0.15, 0.2) is 28.9 Å². The molecule has 3 nitrogen and oxygen atoms in total. The fourth-order valence-electron chi connectivity index (χ4n) is 1.56. The first-order chi connectivity index (χ1) is 9.38. The van der Waals surface area contributed by atoms with Gasteiger partial charge in [-0.1, -0.05) is 23.2 Å². The number of benzene rings is 1. The summed E-state index contributed by atoms with van der Waals surface area (Å²) in [5.41, 5.74) is 1.25. The van der Waals surface area contributed by atoms with Gasteiger partial charge < -0.3 is 5.32 Å². The maximum atomic E-state index is 13.5. The zero-order valence-electron chi connectivity index (χ0n) is 10.2. The number of rotatable bonds is 2. The van der Waals surface area contributed by atoms with E-state index in [-0.39, 0.29) is 15.7 Å². The number of carbonyl (C=O) groups excluding carboxylic acids is 1. The molecule has 2 rings (SSSR count). The van der Waals surface area contributed by atoms with Crippen LogP contribution in [-0.4, -0.2) is 10.9 Å². The molecule has 0 atom stereocenters. The molecule has 1 heterocycles. The molecule has 104 valence electrons. The van der Waals surface area contributed by atoms with E-state index < -0.39 is 11.7 Å². The number of aryl methyl sites for hydroxylation is 1. The summed E-state index contributed by atoms with van der Waals surface area (Å²) in [6.45, 7) is 1.75. The molecule has 0 unspecified atom stereocenters. The molecule has 0 spiro atoms. The van der Waals surface area contributed by atoms with Crippen molar-refractivity contribution in [2.24, 2.45) is 0 Å². The number of hydrogen-bond donors (Lipinski definition) is 1. The third kappa shape index (κ3) is 3.29. The molecular weight excluding hydrogens is 370 g/mol. The van der Waals surface area contributed by atoms with Crippen LogP contribution in [0.1, 0.15) is 15.9 Å². The quantitative estimate of drug-likeness (QED) is 0.760. The second-order valence-electron chi connectivity index (χ2n) is 4.02. The lowest BCUT2D eigenvalue weighted by atomic mass is 10.2. The van der Waals surface area contributed by atoms with Crippen LogP contribution in [-0.2, 0) is 0 Å². The Morgan fingerprint density at radius 1 is 1.35 bits per heavy atom. The van der Waals surface area contributed by atoms with E-state index in [4.69, 9.17) is 23.2 Å². The molecule has 0 fully saturated rings. The molecule has 0 aliphatic heterocycles. The summed E-state index contributed by atoms with van der Waals surface area (Å²) in [6.07, 6.45) is 1.29. The second-order valence-corrected chi connectivity index (χ2v) is 5.67. The van der Waals surface area contributed by atoms with Crippen LogP contribution in [0.5, 0.6) is 0 Å². The van der Waals surface area contributed by atoms with Gasteiger partial charge in [-0.15, -0.1) is 0 Å². The van der Waals surface area contributed by atoms with E-state index in [0.717, 1.165) is 0 Å². The van der Waals surface area contributed by atoms with Gasteiger partial charge in [0.1, 0.15) is 11.0 Å². The Bertz CT molecular complexity index is 694. The van der Waals surface area contributed by atoms with E-state index in [1.165, 1.54) is 18.3 Å². The highest BCUT2D eigenvalue weighted by atomic mass is 79.9. The molecule has 0 radical (unpaired) electrons. The Labute approximate surface area is 133 Å². The van der Waals surface area contributed by atoms with Crippen molar-refractivity contribution in [3.05, 3.63) is 56.0 Å². The van der Waals surface area contributed by atoms with Crippen molar-refractivity contribution in [1.82, 2.24) is 4.98 Å². The van der Waals surface area contributed by atoms with Crippen molar-refractivity contribution in [2.45, 2.75) is 6.92 Å². The average Bonchev–Trinajstić information content (AvgIpc) is 2.38. The van der Waals surface area contributed by atoms with Gasteiger partial charge in [-0.05, 0) is 46.6 Å². The highest BCUT2D eigenvalue weighted by Gasteiger charge is 2.14. The molecule has 1 N–H and O–H groups in total. The minimum atomic E-state index is -0.482. The topological polar surface area (TPSA) is 42.0 Å².